The molecular weight excluding hydrogens is 156 g/mol. The first kappa shape index (κ1) is 9.19. The minimum absolute atomic E-state index is 0.0908. The molecule has 0 aliphatic carbocycles. The van der Waals surface area contributed by atoms with E-state index in [-0.39, 0.29) is 5.69 Å². The Morgan fingerprint density at radius 3 is 2.58 bits per heavy atom. The molecule has 0 aliphatic rings. The maximum atomic E-state index is 13.1. The van der Waals surface area contributed by atoms with Crippen molar-refractivity contribution in [3.8, 4) is 0 Å². The topological polar surface area (TPSA) is 33.1 Å². The van der Waals surface area contributed by atoms with E-state index in [4.69, 9.17) is 0 Å². The zero-order chi connectivity index (χ0) is 9.35. The smallest absolute Gasteiger partial charge is 0.147 e. The van der Waals surface area contributed by atoms with Crippen LogP contribution in [0.3, 0.4) is 0 Å². The molecule has 0 spiro atoms. The van der Waals surface area contributed by atoms with Gasteiger partial charge in [-0.25, -0.2) is 4.39 Å². The predicted molar refractivity (Wildman–Crippen MR) is 47.6 cm³/mol. The molecule has 0 saturated carbocycles. The molecular formula is C8H11BFNO. The van der Waals surface area contributed by atoms with Crippen molar-refractivity contribution in [2.75, 3.05) is 0 Å². The Labute approximate surface area is 71.9 Å². The van der Waals surface area contributed by atoms with E-state index >= 15 is 0 Å². The van der Waals surface area contributed by atoms with Gasteiger partial charge in [0.05, 0.1) is 0 Å². The van der Waals surface area contributed by atoms with Crippen LogP contribution in [-0.4, -0.2) is 17.9 Å². The van der Waals surface area contributed by atoms with Crippen molar-refractivity contribution in [2.45, 2.75) is 19.4 Å². The first-order valence-corrected chi connectivity index (χ1v) is 3.76. The predicted octanol–water partition coefficient (Wildman–Crippen LogP) is -0.293. The lowest BCUT2D eigenvalue weighted by molar-refractivity contribution is 0.0695. The van der Waals surface area contributed by atoms with E-state index in [1.54, 1.807) is 7.85 Å². The van der Waals surface area contributed by atoms with Crippen LogP contribution in [0.15, 0.2) is 12.3 Å². The summed E-state index contributed by atoms with van der Waals surface area (Å²) in [6, 6.07) is 1.36. The Hall–Kier alpha value is -0.895. The number of rotatable bonds is 1. The first-order valence-electron chi connectivity index (χ1n) is 3.76. The monoisotopic (exact) mass is 167 g/mol. The maximum Gasteiger partial charge on any atom is 0.147 e. The van der Waals surface area contributed by atoms with E-state index in [0.29, 0.717) is 0 Å². The van der Waals surface area contributed by atoms with Crippen LogP contribution in [0.1, 0.15) is 19.5 Å². The van der Waals surface area contributed by atoms with E-state index in [1.165, 1.54) is 26.1 Å². The van der Waals surface area contributed by atoms with Crippen molar-refractivity contribution in [3.63, 3.8) is 0 Å². The molecule has 64 valence electrons. The van der Waals surface area contributed by atoms with Gasteiger partial charge in [-0.05, 0) is 19.9 Å². The zero-order valence-corrected chi connectivity index (χ0v) is 7.43. The zero-order valence-electron chi connectivity index (χ0n) is 7.43. The molecule has 0 fully saturated rings. The lowest BCUT2D eigenvalue weighted by Crippen LogP contribution is -2.21. The fourth-order valence-electron chi connectivity index (χ4n) is 0.984. The summed E-state index contributed by atoms with van der Waals surface area (Å²) in [6.45, 7) is 3.02. The number of pyridine rings is 1. The van der Waals surface area contributed by atoms with Gasteiger partial charge in [0.2, 0.25) is 0 Å². The molecule has 12 heavy (non-hydrogen) atoms. The molecule has 4 heteroatoms. The van der Waals surface area contributed by atoms with E-state index < -0.39 is 11.4 Å². The second-order valence-corrected chi connectivity index (χ2v) is 3.40. The summed E-state index contributed by atoms with van der Waals surface area (Å²) in [5.41, 5.74) is -0.369. The average molecular weight is 167 g/mol. The van der Waals surface area contributed by atoms with Crippen LogP contribution >= 0.6 is 0 Å². The molecule has 1 heterocycles. The molecule has 1 N–H and O–H groups in total. The largest absolute Gasteiger partial charge is 0.384 e. The number of nitrogens with zero attached hydrogens (tertiary/aromatic N) is 1. The van der Waals surface area contributed by atoms with Crippen molar-refractivity contribution < 1.29 is 9.50 Å². The molecule has 1 aromatic heterocycles. The highest BCUT2D eigenvalue weighted by molar-refractivity contribution is 6.32. The Bertz CT molecular complexity index is 296. The number of hydrogen-bond donors (Lipinski definition) is 1. The third-order valence-electron chi connectivity index (χ3n) is 1.56. The first-order chi connectivity index (χ1) is 5.41. The van der Waals surface area contributed by atoms with E-state index in [1.807, 2.05) is 0 Å². The standard InChI is InChI=1S/C8H11BFNO/c1-8(2,12)7-6(10)3-5(9)4-11-7/h3-4,12H,9H2,1-2H3. The van der Waals surface area contributed by atoms with Crippen LogP contribution in [0, 0.1) is 5.82 Å². The average Bonchev–Trinajstić information content (AvgIpc) is 1.83. The fourth-order valence-corrected chi connectivity index (χ4v) is 0.984. The van der Waals surface area contributed by atoms with Crippen molar-refractivity contribution in [1.82, 2.24) is 4.98 Å². The van der Waals surface area contributed by atoms with Crippen molar-refractivity contribution in [3.05, 3.63) is 23.8 Å². The van der Waals surface area contributed by atoms with E-state index in [9.17, 15) is 9.50 Å². The van der Waals surface area contributed by atoms with Gasteiger partial charge >= 0.3 is 0 Å². The minimum atomic E-state index is -1.21. The normalized spacial score (nSPS) is 11.7. The molecule has 0 aliphatic heterocycles. The highest BCUT2D eigenvalue weighted by atomic mass is 19.1. The third-order valence-corrected chi connectivity index (χ3v) is 1.56. The molecule has 0 amide bonds. The summed E-state index contributed by atoms with van der Waals surface area (Å²) in [4.78, 5) is 3.82. The fraction of sp³-hybridized carbons (Fsp3) is 0.375. The van der Waals surface area contributed by atoms with Crippen LogP contribution in [0.2, 0.25) is 0 Å². The number of hydrogen-bond acceptors (Lipinski definition) is 2. The Morgan fingerprint density at radius 1 is 1.58 bits per heavy atom. The van der Waals surface area contributed by atoms with Gasteiger partial charge in [-0.2, -0.15) is 0 Å². The summed E-state index contributed by atoms with van der Waals surface area (Å²) in [5.74, 6) is -0.456. The van der Waals surface area contributed by atoms with Gasteiger partial charge in [-0.1, -0.05) is 5.46 Å². The van der Waals surface area contributed by atoms with Crippen LogP contribution < -0.4 is 5.46 Å². The Balaban J connectivity index is 3.19. The van der Waals surface area contributed by atoms with Gasteiger partial charge in [0.1, 0.15) is 25.0 Å². The van der Waals surface area contributed by atoms with Gasteiger partial charge < -0.3 is 5.11 Å². The Morgan fingerprint density at radius 2 is 2.17 bits per heavy atom. The second-order valence-electron chi connectivity index (χ2n) is 3.40. The quantitative estimate of drug-likeness (QED) is 0.582. The van der Waals surface area contributed by atoms with Gasteiger partial charge in [-0.15, -0.1) is 0 Å². The summed E-state index contributed by atoms with van der Waals surface area (Å²) in [7, 11) is 1.75. The van der Waals surface area contributed by atoms with Crippen molar-refractivity contribution in [2.24, 2.45) is 0 Å². The van der Waals surface area contributed by atoms with Gasteiger partial charge in [0.25, 0.3) is 0 Å². The molecule has 2 nitrogen and oxygen atoms in total. The molecule has 1 rings (SSSR count). The van der Waals surface area contributed by atoms with E-state index in [2.05, 4.69) is 4.98 Å². The highest BCUT2D eigenvalue weighted by Gasteiger charge is 2.21. The van der Waals surface area contributed by atoms with Crippen molar-refractivity contribution >= 4 is 13.3 Å². The molecule has 0 saturated heterocycles. The van der Waals surface area contributed by atoms with E-state index in [0.717, 1.165) is 5.46 Å². The van der Waals surface area contributed by atoms with Gasteiger partial charge in [-0.3, -0.25) is 4.98 Å². The molecule has 0 bridgehead atoms. The Kier molecular flexibility index (Phi) is 2.19. The SMILES string of the molecule is Bc1cnc(C(C)(C)O)c(F)c1. The summed E-state index contributed by atoms with van der Waals surface area (Å²) in [6.07, 6.45) is 1.54. The van der Waals surface area contributed by atoms with Crippen molar-refractivity contribution in [1.29, 1.82) is 0 Å². The molecule has 0 aromatic carbocycles. The lowest BCUT2D eigenvalue weighted by atomic mass is 9.96. The highest BCUT2D eigenvalue weighted by Crippen LogP contribution is 2.18. The third kappa shape index (κ3) is 1.82. The van der Waals surface area contributed by atoms with Crippen LogP contribution in [0.4, 0.5) is 4.39 Å². The number of halogens is 1. The van der Waals surface area contributed by atoms with Gasteiger partial charge in [0, 0.05) is 6.20 Å². The van der Waals surface area contributed by atoms with Gasteiger partial charge in [0.15, 0.2) is 0 Å². The summed E-state index contributed by atoms with van der Waals surface area (Å²) < 4.78 is 13.1. The molecule has 0 radical (unpaired) electrons. The van der Waals surface area contributed by atoms with Crippen LogP contribution in [0.5, 0.6) is 0 Å². The molecule has 0 atom stereocenters. The molecule has 1 aromatic rings. The molecule has 0 unspecified atom stereocenters. The summed E-state index contributed by atoms with van der Waals surface area (Å²) in [5, 5.41) is 9.46. The van der Waals surface area contributed by atoms with Crippen LogP contribution in [-0.2, 0) is 5.60 Å². The summed E-state index contributed by atoms with van der Waals surface area (Å²) >= 11 is 0. The maximum absolute atomic E-state index is 13.1. The minimum Gasteiger partial charge on any atom is -0.384 e. The number of aliphatic hydroxyl groups is 1. The van der Waals surface area contributed by atoms with Crippen LogP contribution in [0.25, 0.3) is 0 Å². The second kappa shape index (κ2) is 2.86. The lowest BCUT2D eigenvalue weighted by Gasteiger charge is -2.16. The number of aromatic nitrogens is 1.